The molecule has 3 aromatic rings. The third-order valence-corrected chi connectivity index (χ3v) is 3.05. The second kappa shape index (κ2) is 5.61. The van der Waals surface area contributed by atoms with Crippen molar-refractivity contribution >= 4 is 10.9 Å². The van der Waals surface area contributed by atoms with Crippen LogP contribution in [0.15, 0.2) is 49.2 Å². The fourth-order valence-electron chi connectivity index (χ4n) is 2.03. The number of hydrogen-bond acceptors (Lipinski definition) is 4. The Hall–Kier alpha value is -2.56. The average Bonchev–Trinajstić information content (AvgIpc) is 3.00. The number of nitrogens with zero attached hydrogens (tertiary/aromatic N) is 3. The Bertz CT molecular complexity index is 695. The van der Waals surface area contributed by atoms with E-state index < -0.39 is 0 Å². The second-order valence-electron chi connectivity index (χ2n) is 4.35. The summed E-state index contributed by atoms with van der Waals surface area (Å²) in [4.78, 5) is 8.32. The van der Waals surface area contributed by atoms with Gasteiger partial charge < -0.3 is 14.0 Å². The Morgan fingerprint density at radius 3 is 2.95 bits per heavy atom. The molecular formula is C15H15N3O2. The van der Waals surface area contributed by atoms with Gasteiger partial charge in [0.15, 0.2) is 11.5 Å². The van der Waals surface area contributed by atoms with Crippen molar-refractivity contribution < 1.29 is 9.47 Å². The summed E-state index contributed by atoms with van der Waals surface area (Å²) in [6, 6.07) is 7.75. The monoisotopic (exact) mass is 269 g/mol. The van der Waals surface area contributed by atoms with Gasteiger partial charge >= 0.3 is 0 Å². The molecule has 2 heterocycles. The van der Waals surface area contributed by atoms with Crippen LogP contribution in [0.1, 0.15) is 0 Å². The average molecular weight is 269 g/mol. The molecule has 0 aliphatic heterocycles. The number of methoxy groups -OCH3 is 1. The standard InChI is InChI=1S/C15H15N3O2/c1-19-14-9-12-3-2-4-17-13(12)10-15(14)20-8-7-18-6-5-16-11-18/h2-6,9-11H,7-8H2,1H3. The molecular weight excluding hydrogens is 254 g/mol. The zero-order chi connectivity index (χ0) is 13.8. The third-order valence-electron chi connectivity index (χ3n) is 3.05. The van der Waals surface area contributed by atoms with Crippen molar-refractivity contribution in [1.82, 2.24) is 14.5 Å². The fraction of sp³-hybridized carbons (Fsp3) is 0.200. The van der Waals surface area contributed by atoms with Gasteiger partial charge in [-0.3, -0.25) is 4.98 Å². The van der Waals surface area contributed by atoms with E-state index in [1.54, 1.807) is 25.8 Å². The smallest absolute Gasteiger partial charge is 0.163 e. The normalized spacial score (nSPS) is 10.7. The summed E-state index contributed by atoms with van der Waals surface area (Å²) < 4.78 is 13.1. The van der Waals surface area contributed by atoms with E-state index in [2.05, 4.69) is 9.97 Å². The van der Waals surface area contributed by atoms with Crippen LogP contribution >= 0.6 is 0 Å². The summed E-state index contributed by atoms with van der Waals surface area (Å²) in [5.41, 5.74) is 0.894. The Kier molecular flexibility index (Phi) is 3.50. The number of benzene rings is 1. The van der Waals surface area contributed by atoms with E-state index in [0.717, 1.165) is 23.2 Å². The maximum Gasteiger partial charge on any atom is 0.163 e. The van der Waals surface area contributed by atoms with Crippen LogP contribution in [-0.4, -0.2) is 28.3 Å². The first-order valence-electron chi connectivity index (χ1n) is 6.38. The highest BCUT2D eigenvalue weighted by atomic mass is 16.5. The summed E-state index contributed by atoms with van der Waals surface area (Å²) >= 11 is 0. The maximum absolute atomic E-state index is 5.80. The molecule has 0 amide bonds. The number of aromatic nitrogens is 3. The van der Waals surface area contributed by atoms with Crippen LogP contribution in [-0.2, 0) is 6.54 Å². The Morgan fingerprint density at radius 1 is 1.20 bits per heavy atom. The predicted octanol–water partition coefficient (Wildman–Crippen LogP) is 2.52. The van der Waals surface area contributed by atoms with Gasteiger partial charge in [0.1, 0.15) is 6.61 Å². The topological polar surface area (TPSA) is 49.2 Å². The highest BCUT2D eigenvalue weighted by Gasteiger charge is 2.07. The fourth-order valence-corrected chi connectivity index (χ4v) is 2.03. The van der Waals surface area contributed by atoms with Crippen molar-refractivity contribution in [3.8, 4) is 11.5 Å². The number of imidazole rings is 1. The molecule has 0 aliphatic carbocycles. The summed E-state index contributed by atoms with van der Waals surface area (Å²) in [7, 11) is 1.64. The van der Waals surface area contributed by atoms with Crippen molar-refractivity contribution in [1.29, 1.82) is 0 Å². The molecule has 0 bridgehead atoms. The molecule has 0 saturated carbocycles. The van der Waals surface area contributed by atoms with Crippen LogP contribution in [0.25, 0.3) is 10.9 Å². The van der Waals surface area contributed by atoms with Crippen molar-refractivity contribution in [2.75, 3.05) is 13.7 Å². The molecule has 0 unspecified atom stereocenters. The van der Waals surface area contributed by atoms with E-state index in [4.69, 9.17) is 9.47 Å². The molecule has 0 aliphatic rings. The minimum atomic E-state index is 0.547. The minimum Gasteiger partial charge on any atom is -0.493 e. The number of rotatable bonds is 5. The zero-order valence-electron chi connectivity index (χ0n) is 11.2. The van der Waals surface area contributed by atoms with Crippen molar-refractivity contribution in [2.24, 2.45) is 0 Å². The van der Waals surface area contributed by atoms with Gasteiger partial charge in [0.25, 0.3) is 0 Å². The molecule has 0 saturated heterocycles. The van der Waals surface area contributed by atoms with E-state index in [-0.39, 0.29) is 0 Å². The number of ether oxygens (including phenoxy) is 2. The molecule has 2 aromatic heterocycles. The van der Waals surface area contributed by atoms with Crippen molar-refractivity contribution in [2.45, 2.75) is 6.54 Å². The summed E-state index contributed by atoms with van der Waals surface area (Å²) in [6.45, 7) is 1.29. The molecule has 0 spiro atoms. The first-order valence-corrected chi connectivity index (χ1v) is 6.38. The van der Waals surface area contributed by atoms with Crippen LogP contribution < -0.4 is 9.47 Å². The number of pyridine rings is 1. The van der Waals surface area contributed by atoms with Crippen LogP contribution in [0.2, 0.25) is 0 Å². The molecule has 0 atom stereocenters. The lowest BCUT2D eigenvalue weighted by molar-refractivity contribution is 0.280. The van der Waals surface area contributed by atoms with Gasteiger partial charge in [-0.1, -0.05) is 6.07 Å². The van der Waals surface area contributed by atoms with E-state index in [1.165, 1.54) is 0 Å². The quantitative estimate of drug-likeness (QED) is 0.714. The molecule has 5 nitrogen and oxygen atoms in total. The molecule has 0 radical (unpaired) electrons. The molecule has 0 fully saturated rings. The largest absolute Gasteiger partial charge is 0.493 e. The van der Waals surface area contributed by atoms with Gasteiger partial charge in [0, 0.05) is 30.0 Å². The minimum absolute atomic E-state index is 0.547. The van der Waals surface area contributed by atoms with Crippen LogP contribution in [0.4, 0.5) is 0 Å². The van der Waals surface area contributed by atoms with Crippen molar-refractivity contribution in [3.05, 3.63) is 49.2 Å². The molecule has 5 heteroatoms. The lowest BCUT2D eigenvalue weighted by atomic mass is 10.2. The lowest BCUT2D eigenvalue weighted by Crippen LogP contribution is -2.07. The summed E-state index contributed by atoms with van der Waals surface area (Å²) in [5.74, 6) is 1.43. The SMILES string of the molecule is COc1cc2cccnc2cc1OCCn1ccnc1. The van der Waals surface area contributed by atoms with Gasteiger partial charge in [-0.15, -0.1) is 0 Å². The van der Waals surface area contributed by atoms with Crippen LogP contribution in [0.5, 0.6) is 11.5 Å². The predicted molar refractivity (Wildman–Crippen MR) is 76.0 cm³/mol. The zero-order valence-corrected chi connectivity index (χ0v) is 11.2. The van der Waals surface area contributed by atoms with Crippen LogP contribution in [0, 0.1) is 0 Å². The molecule has 0 N–H and O–H groups in total. The van der Waals surface area contributed by atoms with E-state index in [9.17, 15) is 0 Å². The third kappa shape index (κ3) is 2.56. The Balaban J connectivity index is 1.78. The van der Waals surface area contributed by atoms with Gasteiger partial charge in [-0.25, -0.2) is 4.98 Å². The first-order chi connectivity index (χ1) is 9.86. The summed E-state index contributed by atoms with van der Waals surface area (Å²) in [5, 5.41) is 1.03. The number of hydrogen-bond donors (Lipinski definition) is 0. The van der Waals surface area contributed by atoms with E-state index in [1.807, 2.05) is 35.0 Å². The van der Waals surface area contributed by atoms with E-state index in [0.29, 0.717) is 12.4 Å². The Labute approximate surface area is 116 Å². The number of fused-ring (bicyclic) bond motifs is 1. The van der Waals surface area contributed by atoms with Crippen LogP contribution in [0.3, 0.4) is 0 Å². The first kappa shape index (κ1) is 12.5. The van der Waals surface area contributed by atoms with Gasteiger partial charge in [0.2, 0.25) is 0 Å². The molecule has 20 heavy (non-hydrogen) atoms. The second-order valence-corrected chi connectivity index (χ2v) is 4.35. The highest BCUT2D eigenvalue weighted by Crippen LogP contribution is 2.31. The summed E-state index contributed by atoms with van der Waals surface area (Å²) in [6.07, 6.45) is 7.19. The Morgan fingerprint density at radius 2 is 2.15 bits per heavy atom. The highest BCUT2D eigenvalue weighted by molar-refractivity contribution is 5.82. The molecule has 102 valence electrons. The van der Waals surface area contributed by atoms with Crippen molar-refractivity contribution in [3.63, 3.8) is 0 Å². The maximum atomic E-state index is 5.80. The van der Waals surface area contributed by atoms with Gasteiger partial charge in [-0.2, -0.15) is 0 Å². The lowest BCUT2D eigenvalue weighted by Gasteiger charge is -2.12. The van der Waals surface area contributed by atoms with Gasteiger partial charge in [0.05, 0.1) is 25.5 Å². The molecule has 1 aromatic carbocycles. The van der Waals surface area contributed by atoms with E-state index >= 15 is 0 Å². The van der Waals surface area contributed by atoms with Gasteiger partial charge in [-0.05, 0) is 12.1 Å². The molecule has 3 rings (SSSR count).